The van der Waals surface area contributed by atoms with Crippen molar-refractivity contribution in [3.63, 3.8) is 0 Å². The van der Waals surface area contributed by atoms with Gasteiger partial charge in [0.2, 0.25) is 0 Å². The van der Waals surface area contributed by atoms with Gasteiger partial charge in [0, 0.05) is 6.54 Å². The molecule has 0 radical (unpaired) electrons. The maximum atomic E-state index is 13.6. The van der Waals surface area contributed by atoms with Crippen molar-refractivity contribution < 1.29 is 40.2 Å². The molecular weight excluding hydrogens is 515 g/mol. The summed E-state index contributed by atoms with van der Waals surface area (Å²) >= 11 is 0. The van der Waals surface area contributed by atoms with Crippen LogP contribution in [0.15, 0.2) is 47.3 Å². The molecule has 0 bridgehead atoms. The van der Waals surface area contributed by atoms with Gasteiger partial charge >= 0.3 is 18.0 Å². The minimum atomic E-state index is -5.01. The molecule has 0 aliphatic carbocycles. The number of alkyl halides is 6. The molecule has 0 unspecified atom stereocenters. The van der Waals surface area contributed by atoms with Crippen molar-refractivity contribution in [3.8, 4) is 0 Å². The van der Waals surface area contributed by atoms with Crippen LogP contribution in [0.25, 0.3) is 0 Å². The van der Waals surface area contributed by atoms with Gasteiger partial charge in [0.15, 0.2) is 6.29 Å². The molecule has 3 aromatic rings. The quantitative estimate of drug-likeness (QED) is 0.436. The van der Waals surface area contributed by atoms with Gasteiger partial charge in [-0.1, -0.05) is 12.1 Å². The lowest BCUT2D eigenvalue weighted by Gasteiger charge is -2.41. The van der Waals surface area contributed by atoms with E-state index in [1.54, 1.807) is 4.90 Å². The summed E-state index contributed by atoms with van der Waals surface area (Å²) < 4.78 is 105. The van der Waals surface area contributed by atoms with Crippen LogP contribution in [-0.4, -0.2) is 39.5 Å². The zero-order valence-electron chi connectivity index (χ0n) is 19.2. The number of H-pyrrole nitrogens is 2. The van der Waals surface area contributed by atoms with Crippen molar-refractivity contribution in [1.82, 2.24) is 20.1 Å². The van der Waals surface area contributed by atoms with E-state index in [4.69, 9.17) is 9.47 Å². The maximum Gasteiger partial charge on any atom is 0.416 e. The minimum absolute atomic E-state index is 0.0427. The monoisotopic (exact) mass is 536 g/mol. The highest BCUT2D eigenvalue weighted by Gasteiger charge is 2.39. The first kappa shape index (κ1) is 26.8. The lowest BCUT2D eigenvalue weighted by atomic mass is 10.0. The fraction of sp³-hybridized carbons (Fsp3) is 0.391. The maximum absolute atomic E-state index is 13.6. The summed E-state index contributed by atoms with van der Waals surface area (Å²) in [5, 5.41) is 6.10. The van der Waals surface area contributed by atoms with Crippen LogP contribution in [-0.2, 0) is 28.4 Å². The van der Waals surface area contributed by atoms with E-state index in [1.807, 2.05) is 0 Å². The van der Waals surface area contributed by atoms with Crippen LogP contribution in [0.3, 0.4) is 0 Å². The molecule has 1 saturated heterocycles. The number of hydrogen-bond acceptors (Lipinski definition) is 5. The van der Waals surface area contributed by atoms with Crippen LogP contribution in [0.1, 0.15) is 47.1 Å². The summed E-state index contributed by atoms with van der Waals surface area (Å²) in [6.07, 6.45) is -12.4. The molecule has 7 nitrogen and oxygen atoms in total. The number of halogens is 7. The first-order chi connectivity index (χ1) is 17.3. The summed E-state index contributed by atoms with van der Waals surface area (Å²) in [5.41, 5.74) is -3.30. The Morgan fingerprint density at radius 2 is 1.73 bits per heavy atom. The van der Waals surface area contributed by atoms with Crippen molar-refractivity contribution in [1.29, 1.82) is 0 Å². The Balaban J connectivity index is 1.66. The number of hydrogen-bond donors (Lipinski definition) is 2. The van der Waals surface area contributed by atoms with Gasteiger partial charge in [-0.3, -0.25) is 9.88 Å². The molecule has 200 valence electrons. The molecule has 0 amide bonds. The second kappa shape index (κ2) is 10.3. The average Bonchev–Trinajstić information content (AvgIpc) is 3.23. The van der Waals surface area contributed by atoms with Crippen LogP contribution in [0.4, 0.5) is 30.7 Å². The normalized spacial score (nSPS) is 20.2. The van der Waals surface area contributed by atoms with Crippen LogP contribution in [0.2, 0.25) is 0 Å². The van der Waals surface area contributed by atoms with Crippen LogP contribution in [0.5, 0.6) is 0 Å². The van der Waals surface area contributed by atoms with Gasteiger partial charge in [-0.25, -0.2) is 14.3 Å². The SMILES string of the molecule is C[C@H](O[C@@H]1OCCN(C[14c]2n[nH]c(=O)[nH]2)[C@@H]1c1ccc(F)cc1)c1cc(C(F)(F)F)cc(C(F)(F)F)c1. The molecular formula is C23H21F7N4O3. The third-order valence-corrected chi connectivity index (χ3v) is 5.84. The second-order valence-electron chi connectivity index (χ2n) is 8.45. The van der Waals surface area contributed by atoms with E-state index >= 15 is 0 Å². The predicted octanol–water partition coefficient (Wildman–Crippen LogP) is 4.95. The van der Waals surface area contributed by atoms with E-state index in [0.29, 0.717) is 24.2 Å². The molecule has 1 aliphatic rings. The molecule has 2 heterocycles. The van der Waals surface area contributed by atoms with Crippen LogP contribution >= 0.6 is 0 Å². The lowest BCUT2D eigenvalue weighted by molar-refractivity contribution is -0.231. The molecule has 0 saturated carbocycles. The number of aromatic amines is 2. The summed E-state index contributed by atoms with van der Waals surface area (Å²) in [7, 11) is 0. The smallest absolute Gasteiger partial charge is 0.349 e. The standard InChI is InChI=1S/C23H21F7N4O3/c1-12(14-8-15(22(25,26)27)10-16(9-14)23(28,29)30)37-20-19(13-2-4-17(24)5-3-13)34(6-7-36-20)11-18-31-21(35)33-32-18/h2-5,8-10,12,19-20H,6-7,11H2,1H3,(H2,31,32,33,35)/t12-,19+,20-/m0/s1/i18+2. The number of aromatic nitrogens is 3. The fourth-order valence-corrected chi connectivity index (χ4v) is 4.07. The van der Waals surface area contributed by atoms with E-state index in [1.165, 1.54) is 31.2 Å². The first-order valence-electron chi connectivity index (χ1n) is 11.0. The Bertz CT molecular complexity index is 1240. The lowest BCUT2D eigenvalue weighted by Crippen LogP contribution is -2.46. The molecule has 2 N–H and O–H groups in total. The van der Waals surface area contributed by atoms with E-state index in [2.05, 4.69) is 15.2 Å². The van der Waals surface area contributed by atoms with Gasteiger partial charge in [-0.05, 0) is 48.4 Å². The highest BCUT2D eigenvalue weighted by molar-refractivity contribution is 5.34. The van der Waals surface area contributed by atoms with E-state index in [9.17, 15) is 35.5 Å². The Morgan fingerprint density at radius 3 is 2.27 bits per heavy atom. The largest absolute Gasteiger partial charge is 0.416 e. The van der Waals surface area contributed by atoms with Crippen molar-refractivity contribution in [3.05, 3.63) is 86.8 Å². The summed E-state index contributed by atoms with van der Waals surface area (Å²) in [6.45, 7) is 1.82. The fourth-order valence-electron chi connectivity index (χ4n) is 4.07. The van der Waals surface area contributed by atoms with Crippen LogP contribution in [0, 0.1) is 5.82 Å². The van der Waals surface area contributed by atoms with E-state index in [-0.39, 0.29) is 30.6 Å². The van der Waals surface area contributed by atoms with E-state index < -0.39 is 53.4 Å². The Labute approximate surface area is 205 Å². The highest BCUT2D eigenvalue weighted by Crippen LogP contribution is 2.39. The predicted molar refractivity (Wildman–Crippen MR) is 114 cm³/mol. The molecule has 3 atom stereocenters. The summed E-state index contributed by atoms with van der Waals surface area (Å²) in [5.74, 6) is -0.239. The molecule has 1 aromatic heterocycles. The molecule has 1 fully saturated rings. The van der Waals surface area contributed by atoms with Gasteiger partial charge in [0.1, 0.15) is 11.6 Å². The number of morpholine rings is 1. The van der Waals surface area contributed by atoms with Crippen molar-refractivity contribution in [2.75, 3.05) is 13.2 Å². The van der Waals surface area contributed by atoms with Crippen molar-refractivity contribution in [2.24, 2.45) is 0 Å². The van der Waals surface area contributed by atoms with Gasteiger partial charge in [0.25, 0.3) is 0 Å². The molecule has 0 spiro atoms. The third-order valence-electron chi connectivity index (χ3n) is 5.84. The number of nitrogens with zero attached hydrogens (tertiary/aromatic N) is 2. The third kappa shape index (κ3) is 6.37. The number of nitrogens with one attached hydrogen (secondary N) is 2. The van der Waals surface area contributed by atoms with Gasteiger partial charge < -0.3 is 9.47 Å². The number of ether oxygens (including phenoxy) is 2. The minimum Gasteiger partial charge on any atom is -0.349 e. The Morgan fingerprint density at radius 1 is 1.11 bits per heavy atom. The summed E-state index contributed by atoms with van der Waals surface area (Å²) in [4.78, 5) is 15.7. The van der Waals surface area contributed by atoms with Gasteiger partial charge in [0.05, 0.1) is 36.4 Å². The highest BCUT2D eigenvalue weighted by atomic mass is 19.4. The topological polar surface area (TPSA) is 83.2 Å². The molecule has 4 rings (SSSR count). The number of benzene rings is 2. The Hall–Kier alpha value is -3.23. The molecule has 14 heteroatoms. The second-order valence-corrected chi connectivity index (χ2v) is 8.45. The van der Waals surface area contributed by atoms with Crippen molar-refractivity contribution >= 4 is 0 Å². The van der Waals surface area contributed by atoms with Gasteiger partial charge in [-0.2, -0.15) is 31.4 Å². The molecule has 1 aliphatic heterocycles. The average molecular weight is 536 g/mol. The van der Waals surface area contributed by atoms with E-state index in [0.717, 1.165) is 0 Å². The summed E-state index contributed by atoms with van der Waals surface area (Å²) in [6, 6.07) is 5.79. The zero-order valence-corrected chi connectivity index (χ0v) is 19.2. The van der Waals surface area contributed by atoms with Crippen LogP contribution < -0.4 is 5.69 Å². The Kier molecular flexibility index (Phi) is 7.44. The van der Waals surface area contributed by atoms with Gasteiger partial charge in [-0.15, -0.1) is 0 Å². The van der Waals surface area contributed by atoms with Crippen molar-refractivity contribution in [2.45, 2.75) is 44.3 Å². The molecule has 2 aromatic carbocycles. The number of rotatable bonds is 6. The molecule has 37 heavy (non-hydrogen) atoms. The zero-order chi connectivity index (χ0) is 27.0. The first-order valence-corrected chi connectivity index (χ1v) is 11.0.